The summed E-state index contributed by atoms with van der Waals surface area (Å²) in [5, 5.41) is 0. The molecular weight excluding hydrogens is 340 g/mol. The molecule has 134 valence electrons. The summed E-state index contributed by atoms with van der Waals surface area (Å²) in [5.74, 6) is 0.0193. The van der Waals surface area contributed by atoms with Crippen LogP contribution in [-0.4, -0.2) is 20.9 Å². The lowest BCUT2D eigenvalue weighted by atomic mass is 10.1. The Morgan fingerprint density at radius 1 is 1.16 bits per heavy atom. The summed E-state index contributed by atoms with van der Waals surface area (Å²) >= 11 is 0. The quantitative estimate of drug-likeness (QED) is 0.705. The van der Waals surface area contributed by atoms with E-state index in [2.05, 4.69) is 11.6 Å². The first-order chi connectivity index (χ1) is 11.8. The second kappa shape index (κ2) is 8.02. The summed E-state index contributed by atoms with van der Waals surface area (Å²) < 4.78 is 33.0. The zero-order valence-corrected chi connectivity index (χ0v) is 15.1. The number of hydrogen-bond donors (Lipinski definition) is 2. The van der Waals surface area contributed by atoms with Crippen LogP contribution in [0.3, 0.4) is 0 Å². The summed E-state index contributed by atoms with van der Waals surface area (Å²) in [5.41, 5.74) is 6.49. The van der Waals surface area contributed by atoms with Crippen LogP contribution >= 0.6 is 0 Å². The fraction of sp³-hybridized carbons (Fsp3) is 0.278. The number of ether oxygens (including phenoxy) is 1. The molecule has 2 rings (SSSR count). The van der Waals surface area contributed by atoms with Crippen molar-refractivity contribution in [1.82, 2.24) is 0 Å². The number of primary amides is 1. The molecule has 0 fully saturated rings. The van der Waals surface area contributed by atoms with Crippen molar-refractivity contribution in [1.29, 1.82) is 0 Å². The van der Waals surface area contributed by atoms with Gasteiger partial charge in [0.1, 0.15) is 5.75 Å². The van der Waals surface area contributed by atoms with Crippen molar-refractivity contribution in [3.63, 3.8) is 0 Å². The normalized spacial score (nSPS) is 11.1. The first-order valence-electron chi connectivity index (χ1n) is 7.99. The van der Waals surface area contributed by atoms with Crippen molar-refractivity contribution in [2.24, 2.45) is 5.73 Å². The highest BCUT2D eigenvalue weighted by Crippen LogP contribution is 2.21. The summed E-state index contributed by atoms with van der Waals surface area (Å²) in [6.07, 6.45) is 2.01. The number of hydrogen-bond acceptors (Lipinski definition) is 4. The molecule has 0 atom stereocenters. The molecule has 0 radical (unpaired) electrons. The number of sulfonamides is 1. The molecule has 0 bridgehead atoms. The topological polar surface area (TPSA) is 98.5 Å². The Kier molecular flexibility index (Phi) is 6.03. The molecule has 6 nitrogen and oxygen atoms in total. The third-order valence-corrected chi connectivity index (χ3v) is 5.04. The number of aryl methyl sites for hydroxylation is 1. The zero-order valence-electron chi connectivity index (χ0n) is 14.3. The lowest BCUT2D eigenvalue weighted by molar-refractivity contribution is 0.0999. The van der Waals surface area contributed by atoms with E-state index in [-0.39, 0.29) is 10.5 Å². The van der Waals surface area contributed by atoms with E-state index in [9.17, 15) is 13.2 Å². The van der Waals surface area contributed by atoms with E-state index >= 15 is 0 Å². The van der Waals surface area contributed by atoms with Crippen LogP contribution in [0.2, 0.25) is 0 Å². The number of carbonyl (C=O) groups excluding carboxylic acids is 1. The molecule has 1 amide bonds. The van der Waals surface area contributed by atoms with Crippen molar-refractivity contribution in [3.05, 3.63) is 53.6 Å². The van der Waals surface area contributed by atoms with Crippen molar-refractivity contribution in [2.75, 3.05) is 11.3 Å². The van der Waals surface area contributed by atoms with E-state index < -0.39 is 15.9 Å². The van der Waals surface area contributed by atoms with Gasteiger partial charge in [-0.25, -0.2) is 8.42 Å². The van der Waals surface area contributed by atoms with Gasteiger partial charge in [0.2, 0.25) is 5.91 Å². The highest BCUT2D eigenvalue weighted by Gasteiger charge is 2.17. The van der Waals surface area contributed by atoms with Gasteiger partial charge in [0.05, 0.1) is 11.5 Å². The fourth-order valence-corrected chi connectivity index (χ4v) is 3.29. The fourth-order valence-electron chi connectivity index (χ4n) is 2.20. The van der Waals surface area contributed by atoms with Gasteiger partial charge in [0.25, 0.3) is 10.0 Å². The van der Waals surface area contributed by atoms with Crippen molar-refractivity contribution < 1.29 is 17.9 Å². The molecule has 0 unspecified atom stereocenters. The first kappa shape index (κ1) is 18.8. The molecule has 0 aliphatic rings. The van der Waals surface area contributed by atoms with Gasteiger partial charge in [-0.05, 0) is 55.3 Å². The molecule has 3 N–H and O–H groups in total. The Balaban J connectivity index is 2.16. The van der Waals surface area contributed by atoms with E-state index in [0.717, 1.165) is 12.8 Å². The lowest BCUT2D eigenvalue weighted by Crippen LogP contribution is -2.17. The minimum atomic E-state index is -3.82. The number of nitrogens with two attached hydrogens (primary N) is 1. The average Bonchev–Trinajstić information content (AvgIpc) is 2.56. The summed E-state index contributed by atoms with van der Waals surface area (Å²) in [4.78, 5) is 11.4. The molecule has 0 saturated carbocycles. The maximum absolute atomic E-state index is 12.5. The lowest BCUT2D eigenvalue weighted by Gasteiger charge is -2.11. The molecule has 0 aliphatic carbocycles. The van der Waals surface area contributed by atoms with Crippen LogP contribution in [0.4, 0.5) is 5.69 Å². The van der Waals surface area contributed by atoms with Gasteiger partial charge in [0, 0.05) is 11.3 Å². The third-order valence-electron chi connectivity index (χ3n) is 3.66. The van der Waals surface area contributed by atoms with Crippen molar-refractivity contribution in [3.8, 4) is 5.75 Å². The molecule has 0 aromatic heterocycles. The van der Waals surface area contributed by atoms with Gasteiger partial charge in [-0.1, -0.05) is 19.4 Å². The summed E-state index contributed by atoms with van der Waals surface area (Å²) in [6, 6.07) is 10.9. The standard InChI is InChI=1S/C18H22N2O4S/c1-3-4-11-24-15-8-6-14(7-9-15)20-25(22,23)16-10-5-13(2)17(12-16)18(19)21/h5-10,12,20H,3-4,11H2,1-2H3,(H2,19,21). The molecule has 2 aromatic carbocycles. The largest absolute Gasteiger partial charge is 0.494 e. The summed E-state index contributed by atoms with van der Waals surface area (Å²) in [7, 11) is -3.82. The van der Waals surface area contributed by atoms with Crippen LogP contribution in [0.5, 0.6) is 5.75 Å². The number of carbonyl (C=O) groups is 1. The maximum Gasteiger partial charge on any atom is 0.261 e. The van der Waals surface area contributed by atoms with E-state index in [1.165, 1.54) is 12.1 Å². The monoisotopic (exact) mass is 362 g/mol. The molecule has 2 aromatic rings. The van der Waals surface area contributed by atoms with Gasteiger partial charge in [-0.15, -0.1) is 0 Å². The predicted molar refractivity (Wildman–Crippen MR) is 97.4 cm³/mol. The number of benzene rings is 2. The molecule has 25 heavy (non-hydrogen) atoms. The van der Waals surface area contributed by atoms with E-state index in [1.807, 2.05) is 0 Å². The van der Waals surface area contributed by atoms with Gasteiger partial charge < -0.3 is 10.5 Å². The molecular formula is C18H22N2O4S. The van der Waals surface area contributed by atoms with E-state index in [4.69, 9.17) is 10.5 Å². The van der Waals surface area contributed by atoms with Crippen LogP contribution < -0.4 is 15.2 Å². The Bertz CT molecular complexity index is 846. The first-order valence-corrected chi connectivity index (χ1v) is 9.48. The highest BCUT2D eigenvalue weighted by atomic mass is 32.2. The van der Waals surface area contributed by atoms with Crippen molar-refractivity contribution >= 4 is 21.6 Å². The van der Waals surface area contributed by atoms with E-state index in [1.54, 1.807) is 37.3 Å². The molecule has 0 spiro atoms. The molecule has 0 heterocycles. The van der Waals surface area contributed by atoms with Crippen LogP contribution in [0.25, 0.3) is 0 Å². The van der Waals surface area contributed by atoms with Crippen LogP contribution in [0.15, 0.2) is 47.4 Å². The minimum Gasteiger partial charge on any atom is -0.494 e. The van der Waals surface area contributed by atoms with Crippen LogP contribution in [0, 0.1) is 6.92 Å². The summed E-state index contributed by atoms with van der Waals surface area (Å²) in [6.45, 7) is 4.40. The minimum absolute atomic E-state index is 0.0184. The Hall–Kier alpha value is -2.54. The molecule has 7 heteroatoms. The molecule has 0 saturated heterocycles. The van der Waals surface area contributed by atoms with Gasteiger partial charge in [-0.3, -0.25) is 9.52 Å². The number of unbranched alkanes of at least 4 members (excludes halogenated alkanes) is 1. The molecule has 0 aliphatic heterocycles. The number of nitrogens with one attached hydrogen (secondary N) is 1. The number of rotatable bonds is 8. The Morgan fingerprint density at radius 2 is 1.84 bits per heavy atom. The number of amides is 1. The van der Waals surface area contributed by atoms with E-state index in [0.29, 0.717) is 23.6 Å². The number of anilines is 1. The van der Waals surface area contributed by atoms with Gasteiger partial charge in [-0.2, -0.15) is 0 Å². The highest BCUT2D eigenvalue weighted by molar-refractivity contribution is 7.92. The van der Waals surface area contributed by atoms with Gasteiger partial charge in [0.15, 0.2) is 0 Å². The SMILES string of the molecule is CCCCOc1ccc(NS(=O)(=O)c2ccc(C)c(C(N)=O)c2)cc1. The van der Waals surface area contributed by atoms with Gasteiger partial charge >= 0.3 is 0 Å². The Labute approximate surface area is 148 Å². The second-order valence-corrected chi connectivity index (χ2v) is 7.36. The van der Waals surface area contributed by atoms with Crippen LogP contribution in [-0.2, 0) is 10.0 Å². The Morgan fingerprint density at radius 3 is 2.44 bits per heavy atom. The maximum atomic E-state index is 12.5. The van der Waals surface area contributed by atoms with Crippen molar-refractivity contribution in [2.45, 2.75) is 31.6 Å². The predicted octanol–water partition coefficient (Wildman–Crippen LogP) is 3.07. The smallest absolute Gasteiger partial charge is 0.261 e. The zero-order chi connectivity index (χ0) is 18.4. The third kappa shape index (κ3) is 4.96. The average molecular weight is 362 g/mol. The van der Waals surface area contributed by atoms with Crippen LogP contribution in [0.1, 0.15) is 35.7 Å². The second-order valence-electron chi connectivity index (χ2n) is 5.67.